The van der Waals surface area contributed by atoms with Gasteiger partial charge in [0.15, 0.2) is 0 Å². The average Bonchev–Trinajstić information content (AvgIpc) is 2.52. The van der Waals surface area contributed by atoms with E-state index in [-0.39, 0.29) is 24.6 Å². The highest BCUT2D eigenvalue weighted by atomic mass is 16.3. The number of aliphatic hydroxyl groups excluding tert-OH is 1. The summed E-state index contributed by atoms with van der Waals surface area (Å²) in [6.07, 6.45) is 1.38. The van der Waals surface area contributed by atoms with Gasteiger partial charge in [-0.05, 0) is 45.4 Å². The van der Waals surface area contributed by atoms with Crippen LogP contribution in [0, 0.1) is 6.92 Å². The lowest BCUT2D eigenvalue weighted by Crippen LogP contribution is -2.46. The van der Waals surface area contributed by atoms with Gasteiger partial charge in [0.2, 0.25) is 5.91 Å². The average molecular weight is 262 g/mol. The Hall–Kier alpha value is -1.39. The van der Waals surface area contributed by atoms with Gasteiger partial charge in [-0.2, -0.15) is 0 Å². The summed E-state index contributed by atoms with van der Waals surface area (Å²) in [5, 5.41) is 12.3. The molecule has 1 aromatic rings. The number of carbonyl (C=O) groups excluding carboxylic acids is 1. The molecule has 1 heterocycles. The molecule has 104 valence electrons. The molecule has 1 aromatic carbocycles. The zero-order chi connectivity index (χ0) is 13.8. The normalized spacial score (nSPS) is 24.4. The molecule has 1 aliphatic rings. The van der Waals surface area contributed by atoms with Crippen LogP contribution in [-0.2, 0) is 4.79 Å². The van der Waals surface area contributed by atoms with E-state index >= 15 is 0 Å². The number of rotatable bonds is 3. The number of nitrogens with zero attached hydrogens (tertiary/aromatic N) is 1. The molecule has 0 spiro atoms. The van der Waals surface area contributed by atoms with Crippen LogP contribution in [0.3, 0.4) is 0 Å². The molecule has 19 heavy (non-hydrogen) atoms. The minimum atomic E-state index is -0.281. The Labute approximate surface area is 114 Å². The van der Waals surface area contributed by atoms with Crippen LogP contribution in [0.15, 0.2) is 24.3 Å². The maximum absolute atomic E-state index is 12.6. The van der Waals surface area contributed by atoms with Crippen molar-refractivity contribution in [1.29, 1.82) is 0 Å². The van der Waals surface area contributed by atoms with E-state index in [9.17, 15) is 4.79 Å². The first-order valence-corrected chi connectivity index (χ1v) is 6.87. The Balaban J connectivity index is 2.27. The SMILES string of the molecule is Cc1ccc(N2C(=O)C(CCO)NCCC2C)cc1. The molecule has 2 atom stereocenters. The van der Waals surface area contributed by atoms with Gasteiger partial charge in [0.1, 0.15) is 0 Å². The standard InChI is InChI=1S/C15H22N2O2/c1-11-3-5-13(6-4-11)17-12(2)7-9-16-14(8-10-18)15(17)19/h3-6,12,14,16,18H,7-10H2,1-2H3. The van der Waals surface area contributed by atoms with Crippen LogP contribution in [0.2, 0.25) is 0 Å². The molecule has 2 rings (SSSR count). The number of benzene rings is 1. The van der Waals surface area contributed by atoms with Gasteiger partial charge in [-0.15, -0.1) is 0 Å². The van der Waals surface area contributed by atoms with Gasteiger partial charge in [-0.1, -0.05) is 17.7 Å². The maximum Gasteiger partial charge on any atom is 0.244 e. The van der Waals surface area contributed by atoms with Crippen molar-refractivity contribution in [3.05, 3.63) is 29.8 Å². The van der Waals surface area contributed by atoms with Gasteiger partial charge in [-0.25, -0.2) is 0 Å². The summed E-state index contributed by atoms with van der Waals surface area (Å²) in [7, 11) is 0. The second-order valence-electron chi connectivity index (χ2n) is 5.20. The van der Waals surface area contributed by atoms with Crippen LogP contribution in [0.25, 0.3) is 0 Å². The summed E-state index contributed by atoms with van der Waals surface area (Å²) in [6, 6.07) is 7.92. The quantitative estimate of drug-likeness (QED) is 0.867. The summed E-state index contributed by atoms with van der Waals surface area (Å²) in [5.41, 5.74) is 2.12. The molecular formula is C15H22N2O2. The van der Waals surface area contributed by atoms with Crippen LogP contribution in [0.5, 0.6) is 0 Å². The molecule has 2 unspecified atom stereocenters. The first-order valence-electron chi connectivity index (χ1n) is 6.87. The molecule has 0 bridgehead atoms. The van der Waals surface area contributed by atoms with E-state index in [1.165, 1.54) is 5.56 Å². The molecular weight excluding hydrogens is 240 g/mol. The van der Waals surface area contributed by atoms with Crippen molar-refractivity contribution in [2.75, 3.05) is 18.1 Å². The fourth-order valence-corrected chi connectivity index (χ4v) is 2.51. The largest absolute Gasteiger partial charge is 0.396 e. The minimum absolute atomic E-state index is 0.0273. The molecule has 4 heteroatoms. The number of hydrogen-bond acceptors (Lipinski definition) is 3. The van der Waals surface area contributed by atoms with Gasteiger partial charge >= 0.3 is 0 Å². The van der Waals surface area contributed by atoms with Crippen molar-refractivity contribution in [3.8, 4) is 0 Å². The summed E-state index contributed by atoms with van der Waals surface area (Å²) in [6.45, 7) is 4.94. The highest BCUT2D eigenvalue weighted by Crippen LogP contribution is 2.22. The Morgan fingerprint density at radius 3 is 2.68 bits per heavy atom. The lowest BCUT2D eigenvalue weighted by atomic mass is 10.1. The van der Waals surface area contributed by atoms with E-state index in [0.29, 0.717) is 6.42 Å². The van der Waals surface area contributed by atoms with E-state index in [2.05, 4.69) is 12.2 Å². The molecule has 0 aliphatic carbocycles. The number of anilines is 1. The van der Waals surface area contributed by atoms with E-state index in [4.69, 9.17) is 5.11 Å². The predicted octanol–water partition coefficient (Wildman–Crippen LogP) is 1.46. The lowest BCUT2D eigenvalue weighted by molar-refractivity contribution is -0.120. The van der Waals surface area contributed by atoms with Crippen molar-refractivity contribution in [2.24, 2.45) is 0 Å². The molecule has 4 nitrogen and oxygen atoms in total. The topological polar surface area (TPSA) is 52.6 Å². The van der Waals surface area contributed by atoms with Gasteiger partial charge in [0, 0.05) is 18.3 Å². The molecule has 0 saturated carbocycles. The predicted molar refractivity (Wildman–Crippen MR) is 76.2 cm³/mol. The first-order chi connectivity index (χ1) is 9.13. The van der Waals surface area contributed by atoms with Crippen molar-refractivity contribution in [2.45, 2.75) is 38.8 Å². The smallest absolute Gasteiger partial charge is 0.244 e. The summed E-state index contributed by atoms with van der Waals surface area (Å²) in [5.74, 6) is 0.0582. The van der Waals surface area contributed by atoms with E-state index in [1.807, 2.05) is 36.1 Å². The van der Waals surface area contributed by atoms with E-state index in [0.717, 1.165) is 18.7 Å². The second kappa shape index (κ2) is 6.17. The number of nitrogens with one attached hydrogen (secondary N) is 1. The second-order valence-corrected chi connectivity index (χ2v) is 5.20. The van der Waals surface area contributed by atoms with Gasteiger partial charge in [0.05, 0.1) is 6.04 Å². The van der Waals surface area contributed by atoms with Crippen molar-refractivity contribution in [3.63, 3.8) is 0 Å². The summed E-state index contributed by atoms with van der Waals surface area (Å²) < 4.78 is 0. The monoisotopic (exact) mass is 262 g/mol. The molecule has 1 saturated heterocycles. The summed E-state index contributed by atoms with van der Waals surface area (Å²) >= 11 is 0. The number of carbonyl (C=O) groups is 1. The number of aliphatic hydroxyl groups is 1. The van der Waals surface area contributed by atoms with Crippen LogP contribution in [0.4, 0.5) is 5.69 Å². The third kappa shape index (κ3) is 3.14. The molecule has 1 amide bonds. The molecule has 1 fully saturated rings. The molecule has 0 radical (unpaired) electrons. The Kier molecular flexibility index (Phi) is 4.56. The zero-order valence-corrected chi connectivity index (χ0v) is 11.6. The number of hydrogen-bond donors (Lipinski definition) is 2. The van der Waals surface area contributed by atoms with Crippen molar-refractivity contribution >= 4 is 11.6 Å². The van der Waals surface area contributed by atoms with Gasteiger partial charge < -0.3 is 15.3 Å². The third-order valence-electron chi connectivity index (χ3n) is 3.66. The maximum atomic E-state index is 12.6. The fraction of sp³-hybridized carbons (Fsp3) is 0.533. The minimum Gasteiger partial charge on any atom is -0.396 e. The zero-order valence-electron chi connectivity index (χ0n) is 11.6. The van der Waals surface area contributed by atoms with Crippen molar-refractivity contribution < 1.29 is 9.90 Å². The molecule has 1 aliphatic heterocycles. The highest BCUT2D eigenvalue weighted by molar-refractivity contribution is 5.98. The van der Waals surface area contributed by atoms with E-state index < -0.39 is 0 Å². The number of aryl methyl sites for hydroxylation is 1. The number of amides is 1. The van der Waals surface area contributed by atoms with Crippen LogP contribution in [0.1, 0.15) is 25.3 Å². The summed E-state index contributed by atoms with van der Waals surface area (Å²) in [4.78, 5) is 14.4. The highest BCUT2D eigenvalue weighted by Gasteiger charge is 2.31. The van der Waals surface area contributed by atoms with Crippen LogP contribution < -0.4 is 10.2 Å². The lowest BCUT2D eigenvalue weighted by Gasteiger charge is -2.29. The van der Waals surface area contributed by atoms with Crippen molar-refractivity contribution in [1.82, 2.24) is 5.32 Å². The van der Waals surface area contributed by atoms with Gasteiger partial charge in [0.25, 0.3) is 0 Å². The Morgan fingerprint density at radius 2 is 2.05 bits per heavy atom. The Bertz CT molecular complexity index is 430. The fourth-order valence-electron chi connectivity index (χ4n) is 2.51. The Morgan fingerprint density at radius 1 is 1.37 bits per heavy atom. The van der Waals surface area contributed by atoms with Gasteiger partial charge in [-0.3, -0.25) is 4.79 Å². The molecule has 0 aromatic heterocycles. The third-order valence-corrected chi connectivity index (χ3v) is 3.66. The molecule has 2 N–H and O–H groups in total. The van der Waals surface area contributed by atoms with E-state index in [1.54, 1.807) is 0 Å². The van der Waals surface area contributed by atoms with Crippen LogP contribution >= 0.6 is 0 Å². The van der Waals surface area contributed by atoms with Crippen LogP contribution in [-0.4, -0.2) is 36.2 Å². The first kappa shape index (κ1) is 14.0.